The molecule has 0 fully saturated rings. The highest BCUT2D eigenvalue weighted by atomic mass is 15.1. The van der Waals surface area contributed by atoms with Crippen LogP contribution in [0.1, 0.15) is 11.4 Å². The van der Waals surface area contributed by atoms with Gasteiger partial charge in [-0.05, 0) is 19.1 Å². The van der Waals surface area contributed by atoms with Crippen LogP contribution in [0.25, 0.3) is 5.70 Å². The van der Waals surface area contributed by atoms with Crippen molar-refractivity contribution in [2.75, 3.05) is 6.54 Å². The van der Waals surface area contributed by atoms with Crippen LogP contribution in [0.4, 0.5) is 0 Å². The summed E-state index contributed by atoms with van der Waals surface area (Å²) in [6, 6.07) is 2.03. The van der Waals surface area contributed by atoms with Gasteiger partial charge in [0.2, 0.25) is 0 Å². The summed E-state index contributed by atoms with van der Waals surface area (Å²) in [6.45, 7) is 2.88. The number of aromatic nitrogens is 2. The molecule has 62 valence electrons. The van der Waals surface area contributed by atoms with E-state index in [9.17, 15) is 0 Å². The minimum Gasteiger partial charge on any atom is -0.380 e. The van der Waals surface area contributed by atoms with Crippen LogP contribution in [0, 0.1) is 6.92 Å². The number of hydrogen-bond donors (Lipinski definition) is 2. The lowest BCUT2D eigenvalue weighted by Gasteiger charge is -2.08. The summed E-state index contributed by atoms with van der Waals surface area (Å²) in [6.07, 6.45) is 6.14. The lowest BCUT2D eigenvalue weighted by molar-refractivity contribution is 0.963. The largest absolute Gasteiger partial charge is 0.380 e. The molecule has 0 amide bonds. The third-order valence-corrected chi connectivity index (χ3v) is 1.79. The van der Waals surface area contributed by atoms with Crippen LogP contribution < -0.4 is 5.32 Å². The van der Waals surface area contributed by atoms with Crippen molar-refractivity contribution in [1.82, 2.24) is 15.5 Å². The van der Waals surface area contributed by atoms with Crippen LogP contribution in [0.5, 0.6) is 0 Å². The Morgan fingerprint density at radius 3 is 3.00 bits per heavy atom. The van der Waals surface area contributed by atoms with Crippen molar-refractivity contribution < 1.29 is 0 Å². The molecule has 1 aromatic heterocycles. The first-order chi connectivity index (χ1) is 5.86. The summed E-state index contributed by atoms with van der Waals surface area (Å²) < 4.78 is 0. The van der Waals surface area contributed by atoms with Crippen molar-refractivity contribution in [3.05, 3.63) is 35.7 Å². The molecule has 0 saturated carbocycles. The Morgan fingerprint density at radius 2 is 2.42 bits per heavy atom. The molecule has 3 heteroatoms. The molecule has 1 aliphatic rings. The summed E-state index contributed by atoms with van der Waals surface area (Å²) >= 11 is 0. The number of aromatic amines is 1. The van der Waals surface area contributed by atoms with Crippen molar-refractivity contribution >= 4 is 5.70 Å². The number of nitrogens with zero attached hydrogens (tertiary/aromatic N) is 1. The van der Waals surface area contributed by atoms with Crippen LogP contribution >= 0.6 is 0 Å². The second kappa shape index (κ2) is 2.85. The van der Waals surface area contributed by atoms with Gasteiger partial charge in [0.25, 0.3) is 0 Å². The molecule has 0 radical (unpaired) electrons. The van der Waals surface area contributed by atoms with E-state index < -0.39 is 0 Å². The predicted octanol–water partition coefficient (Wildman–Crippen LogP) is 1.22. The highest BCUT2D eigenvalue weighted by Crippen LogP contribution is 2.11. The number of allylic oxidation sites excluding steroid dienone is 2. The Bertz CT molecular complexity index is 333. The van der Waals surface area contributed by atoms with Gasteiger partial charge in [0.1, 0.15) is 5.69 Å². The van der Waals surface area contributed by atoms with Gasteiger partial charge in [-0.3, -0.25) is 5.10 Å². The van der Waals surface area contributed by atoms with Crippen molar-refractivity contribution in [1.29, 1.82) is 0 Å². The molecule has 2 heterocycles. The Kier molecular flexibility index (Phi) is 1.70. The van der Waals surface area contributed by atoms with E-state index in [4.69, 9.17) is 0 Å². The molecule has 0 aliphatic carbocycles. The van der Waals surface area contributed by atoms with Crippen molar-refractivity contribution in [2.24, 2.45) is 0 Å². The second-order valence-electron chi connectivity index (χ2n) is 2.83. The molecule has 0 unspecified atom stereocenters. The van der Waals surface area contributed by atoms with Gasteiger partial charge in [-0.25, -0.2) is 0 Å². The van der Waals surface area contributed by atoms with Gasteiger partial charge in [-0.2, -0.15) is 5.10 Å². The van der Waals surface area contributed by atoms with E-state index in [1.54, 1.807) is 0 Å². The van der Waals surface area contributed by atoms with E-state index in [0.29, 0.717) is 0 Å². The van der Waals surface area contributed by atoms with Crippen molar-refractivity contribution in [2.45, 2.75) is 6.92 Å². The maximum absolute atomic E-state index is 4.15. The number of nitrogens with one attached hydrogen (secondary N) is 2. The highest BCUT2D eigenvalue weighted by Gasteiger charge is 2.04. The molecule has 0 aromatic carbocycles. The van der Waals surface area contributed by atoms with Crippen molar-refractivity contribution in [3.8, 4) is 0 Å². The maximum atomic E-state index is 4.15. The van der Waals surface area contributed by atoms with Gasteiger partial charge in [-0.1, -0.05) is 12.2 Å². The first kappa shape index (κ1) is 7.16. The summed E-state index contributed by atoms with van der Waals surface area (Å²) in [7, 11) is 0. The van der Waals surface area contributed by atoms with E-state index in [-0.39, 0.29) is 0 Å². The lowest BCUT2D eigenvalue weighted by Crippen LogP contribution is -2.14. The zero-order valence-corrected chi connectivity index (χ0v) is 6.96. The Balaban J connectivity index is 2.30. The number of H-pyrrole nitrogens is 1. The molecule has 12 heavy (non-hydrogen) atoms. The predicted molar refractivity (Wildman–Crippen MR) is 48.4 cm³/mol. The molecule has 0 bridgehead atoms. The van der Waals surface area contributed by atoms with Crippen LogP contribution in [-0.2, 0) is 0 Å². The van der Waals surface area contributed by atoms with Gasteiger partial charge >= 0.3 is 0 Å². The Labute approximate surface area is 71.2 Å². The van der Waals surface area contributed by atoms with Gasteiger partial charge in [0.05, 0.1) is 5.70 Å². The topological polar surface area (TPSA) is 40.7 Å². The summed E-state index contributed by atoms with van der Waals surface area (Å²) in [4.78, 5) is 0. The van der Waals surface area contributed by atoms with Gasteiger partial charge < -0.3 is 5.32 Å². The molecular weight excluding hydrogens is 150 g/mol. The van der Waals surface area contributed by atoms with Crippen molar-refractivity contribution in [3.63, 3.8) is 0 Å². The molecule has 2 rings (SSSR count). The van der Waals surface area contributed by atoms with E-state index in [0.717, 1.165) is 23.6 Å². The monoisotopic (exact) mass is 161 g/mol. The number of rotatable bonds is 1. The Morgan fingerprint density at radius 1 is 1.50 bits per heavy atom. The molecule has 0 spiro atoms. The average Bonchev–Trinajstić information content (AvgIpc) is 2.54. The fourth-order valence-electron chi connectivity index (χ4n) is 1.19. The van der Waals surface area contributed by atoms with E-state index >= 15 is 0 Å². The van der Waals surface area contributed by atoms with Crippen LogP contribution in [0.2, 0.25) is 0 Å². The molecule has 1 aliphatic heterocycles. The molecule has 0 saturated heterocycles. The highest BCUT2D eigenvalue weighted by molar-refractivity contribution is 5.63. The fraction of sp³-hybridized carbons (Fsp3) is 0.222. The summed E-state index contributed by atoms with van der Waals surface area (Å²) in [5.41, 5.74) is 3.15. The number of dihydropyridines is 1. The fourth-order valence-corrected chi connectivity index (χ4v) is 1.19. The standard InChI is InChI=1S/C9H11N3/c1-7-6-9(12-11-7)8-4-2-3-5-10-8/h2-4,6,10H,5H2,1H3,(H,11,12). The number of aryl methyl sites for hydroxylation is 1. The van der Waals surface area contributed by atoms with Gasteiger partial charge in [-0.15, -0.1) is 0 Å². The number of hydrogen-bond acceptors (Lipinski definition) is 2. The quantitative estimate of drug-likeness (QED) is 0.650. The van der Waals surface area contributed by atoms with Crippen LogP contribution in [-0.4, -0.2) is 16.7 Å². The third kappa shape index (κ3) is 1.25. The summed E-state index contributed by atoms with van der Waals surface area (Å²) in [5, 5.41) is 10.3. The molecule has 2 N–H and O–H groups in total. The zero-order chi connectivity index (χ0) is 8.39. The smallest absolute Gasteiger partial charge is 0.108 e. The van der Waals surface area contributed by atoms with Crippen LogP contribution in [0.15, 0.2) is 24.3 Å². The van der Waals surface area contributed by atoms with Gasteiger partial charge in [0, 0.05) is 12.2 Å². The molecule has 0 atom stereocenters. The van der Waals surface area contributed by atoms with Crippen LogP contribution in [0.3, 0.4) is 0 Å². The minimum atomic E-state index is 0.887. The first-order valence-corrected chi connectivity index (χ1v) is 3.99. The minimum absolute atomic E-state index is 0.887. The van der Waals surface area contributed by atoms with E-state index in [1.807, 2.05) is 25.1 Å². The lowest BCUT2D eigenvalue weighted by atomic mass is 10.2. The van der Waals surface area contributed by atoms with E-state index in [1.165, 1.54) is 0 Å². The average molecular weight is 161 g/mol. The van der Waals surface area contributed by atoms with E-state index in [2.05, 4.69) is 21.6 Å². The molecular formula is C9H11N3. The first-order valence-electron chi connectivity index (χ1n) is 3.99. The maximum Gasteiger partial charge on any atom is 0.108 e. The summed E-state index contributed by atoms with van der Waals surface area (Å²) in [5.74, 6) is 0. The normalized spacial score (nSPS) is 15.6. The molecule has 1 aromatic rings. The second-order valence-corrected chi connectivity index (χ2v) is 2.83. The van der Waals surface area contributed by atoms with Gasteiger partial charge in [0.15, 0.2) is 0 Å². The third-order valence-electron chi connectivity index (χ3n) is 1.79. The molecule has 3 nitrogen and oxygen atoms in total. The Hall–Kier alpha value is -1.51. The SMILES string of the molecule is Cc1cc(C2=CC=CCN2)n[nH]1. The zero-order valence-electron chi connectivity index (χ0n) is 6.96.